The Morgan fingerprint density at radius 1 is 1.07 bits per heavy atom. The summed E-state index contributed by atoms with van der Waals surface area (Å²) in [6.45, 7) is 2.14. The van der Waals surface area contributed by atoms with E-state index >= 15 is 0 Å². The van der Waals surface area contributed by atoms with Crippen molar-refractivity contribution in [3.05, 3.63) is 29.8 Å². The fourth-order valence-corrected chi connectivity index (χ4v) is 2.98. The molecular weight excluding hydrogens is 200 g/mol. The van der Waals surface area contributed by atoms with Crippen LogP contribution in [-0.4, -0.2) is 5.37 Å². The zero-order chi connectivity index (χ0) is 10.5. The molecule has 0 saturated heterocycles. The van der Waals surface area contributed by atoms with E-state index in [9.17, 15) is 0 Å². The molecule has 0 heterocycles. The first-order chi connectivity index (χ1) is 7.34. The van der Waals surface area contributed by atoms with Gasteiger partial charge in [0.1, 0.15) is 0 Å². The third-order valence-corrected chi connectivity index (χ3v) is 4.13. The van der Waals surface area contributed by atoms with Gasteiger partial charge < -0.3 is 0 Å². The number of aryl methyl sites for hydroxylation is 1. The summed E-state index contributed by atoms with van der Waals surface area (Å²) in [6.07, 6.45) is 7.10. The molecule has 1 heteroatoms. The van der Waals surface area contributed by atoms with Crippen molar-refractivity contribution in [2.45, 2.75) is 43.9 Å². The van der Waals surface area contributed by atoms with Gasteiger partial charge in [-0.25, -0.2) is 0 Å². The molecule has 1 saturated carbocycles. The molecule has 15 heavy (non-hydrogen) atoms. The van der Waals surface area contributed by atoms with Gasteiger partial charge in [0, 0.05) is 18.1 Å². The van der Waals surface area contributed by atoms with Crippen LogP contribution in [0.15, 0.2) is 29.2 Å². The van der Waals surface area contributed by atoms with Gasteiger partial charge in [-0.05, 0) is 19.8 Å². The summed E-state index contributed by atoms with van der Waals surface area (Å²) < 4.78 is 0. The van der Waals surface area contributed by atoms with E-state index in [-0.39, 0.29) is 0 Å². The van der Waals surface area contributed by atoms with Gasteiger partial charge in [0.25, 0.3) is 0 Å². The van der Waals surface area contributed by atoms with Crippen molar-refractivity contribution in [3.8, 4) is 0 Å². The molecule has 0 N–H and O–H groups in total. The highest BCUT2D eigenvalue weighted by Gasteiger charge is 2.15. The molecule has 0 atom stereocenters. The Hall–Kier alpha value is -0.690. The highest BCUT2D eigenvalue weighted by molar-refractivity contribution is 7.77. The van der Waals surface area contributed by atoms with Crippen LogP contribution in [0.3, 0.4) is 0 Å². The highest BCUT2D eigenvalue weighted by atomic mass is 32.1. The van der Waals surface area contributed by atoms with Gasteiger partial charge in [-0.15, -0.1) is 0 Å². The lowest BCUT2D eigenvalue weighted by Crippen LogP contribution is -2.07. The third kappa shape index (κ3) is 3.42. The first kappa shape index (κ1) is 10.8. The minimum absolute atomic E-state index is 0.852. The Morgan fingerprint density at radius 3 is 2.40 bits per heavy atom. The van der Waals surface area contributed by atoms with Crippen LogP contribution in [0.1, 0.15) is 37.7 Å². The number of hydrogen-bond donors (Lipinski definition) is 0. The van der Waals surface area contributed by atoms with Crippen LogP contribution in [0.5, 0.6) is 0 Å². The van der Waals surface area contributed by atoms with Crippen LogP contribution in [-0.2, 0) is 11.4 Å². The normalized spacial score (nSPS) is 18.5. The Labute approximate surface area is 96.7 Å². The predicted molar refractivity (Wildman–Crippen MR) is 69.4 cm³/mol. The smallest absolute Gasteiger partial charge is 0.0537 e. The van der Waals surface area contributed by atoms with E-state index in [1.807, 2.05) is 11.4 Å². The molecule has 2 rings (SSSR count). The lowest BCUT2D eigenvalue weighted by Gasteiger charge is -2.13. The molecule has 1 aromatic rings. The molecule has 0 unspecified atom stereocenters. The molecule has 1 aliphatic carbocycles. The fourth-order valence-electron chi connectivity index (χ4n) is 2.06. The standard InChI is InChI=1S/C14H19S/c1-12-7-9-14(10-8-12)15-11-13-5-3-2-4-6-13/h7-11,13H,2-6H2,1H3/q+1. The average Bonchev–Trinajstić information content (AvgIpc) is 2.30. The Kier molecular flexibility index (Phi) is 3.90. The molecule has 80 valence electrons. The second-order valence-corrected chi connectivity index (χ2v) is 5.44. The molecule has 0 nitrogen and oxygen atoms in total. The third-order valence-electron chi connectivity index (χ3n) is 3.07. The summed E-state index contributed by atoms with van der Waals surface area (Å²) in [7, 11) is 0. The summed E-state index contributed by atoms with van der Waals surface area (Å²) >= 11 is 1.91. The SMILES string of the molecule is Cc1ccc([S+]=CC2CCCCC2)cc1. The molecule has 0 bridgehead atoms. The maximum absolute atomic E-state index is 2.45. The molecule has 1 aromatic carbocycles. The van der Waals surface area contributed by atoms with Crippen molar-refractivity contribution >= 4 is 16.7 Å². The van der Waals surface area contributed by atoms with Crippen molar-refractivity contribution < 1.29 is 0 Å². The van der Waals surface area contributed by atoms with Gasteiger partial charge in [0.05, 0.1) is 0 Å². The molecule has 0 aliphatic heterocycles. The van der Waals surface area contributed by atoms with Crippen LogP contribution in [0.4, 0.5) is 0 Å². The van der Waals surface area contributed by atoms with E-state index in [1.54, 1.807) is 0 Å². The van der Waals surface area contributed by atoms with Crippen LogP contribution in [0.25, 0.3) is 0 Å². The number of benzene rings is 1. The first-order valence-corrected chi connectivity index (χ1v) is 6.79. The Balaban J connectivity index is 1.95. The second-order valence-electron chi connectivity index (χ2n) is 4.47. The summed E-state index contributed by atoms with van der Waals surface area (Å²) in [5.74, 6) is 0.852. The van der Waals surface area contributed by atoms with Crippen molar-refractivity contribution in [1.82, 2.24) is 0 Å². The minimum atomic E-state index is 0.852. The van der Waals surface area contributed by atoms with E-state index < -0.39 is 0 Å². The highest BCUT2D eigenvalue weighted by Crippen LogP contribution is 2.22. The number of rotatable bonds is 2. The van der Waals surface area contributed by atoms with Gasteiger partial charge in [-0.1, -0.05) is 37.0 Å². The monoisotopic (exact) mass is 219 g/mol. The van der Waals surface area contributed by atoms with Crippen LogP contribution < -0.4 is 0 Å². The molecule has 0 radical (unpaired) electrons. The Bertz CT molecular complexity index is 318. The average molecular weight is 219 g/mol. The molecule has 1 aliphatic rings. The van der Waals surface area contributed by atoms with Crippen LogP contribution in [0, 0.1) is 12.8 Å². The van der Waals surface area contributed by atoms with Crippen molar-refractivity contribution in [2.75, 3.05) is 0 Å². The van der Waals surface area contributed by atoms with Gasteiger partial charge in [0.15, 0.2) is 5.37 Å². The number of hydrogen-bond acceptors (Lipinski definition) is 0. The summed E-state index contributed by atoms with van der Waals surface area (Å²) in [5.41, 5.74) is 1.34. The van der Waals surface area contributed by atoms with Crippen LogP contribution in [0.2, 0.25) is 0 Å². The maximum Gasteiger partial charge on any atom is 0.230 e. The second kappa shape index (κ2) is 5.41. The molecular formula is C14H19S+. The van der Waals surface area contributed by atoms with E-state index in [2.05, 4.69) is 36.6 Å². The van der Waals surface area contributed by atoms with Gasteiger partial charge in [0.2, 0.25) is 16.2 Å². The van der Waals surface area contributed by atoms with Crippen molar-refractivity contribution in [2.24, 2.45) is 5.92 Å². The molecule has 1 fully saturated rings. The van der Waals surface area contributed by atoms with Crippen LogP contribution >= 0.6 is 0 Å². The van der Waals surface area contributed by atoms with Crippen molar-refractivity contribution in [1.29, 1.82) is 0 Å². The maximum atomic E-state index is 2.45. The Morgan fingerprint density at radius 2 is 1.73 bits per heavy atom. The largest absolute Gasteiger partial charge is 0.230 e. The quantitative estimate of drug-likeness (QED) is 0.524. The molecule has 0 amide bonds. The lowest BCUT2D eigenvalue weighted by atomic mass is 9.91. The first-order valence-electron chi connectivity index (χ1n) is 5.91. The minimum Gasteiger partial charge on any atom is -0.0537 e. The topological polar surface area (TPSA) is 0 Å². The summed E-state index contributed by atoms with van der Waals surface area (Å²) in [4.78, 5) is 1.38. The zero-order valence-electron chi connectivity index (χ0n) is 9.41. The summed E-state index contributed by atoms with van der Waals surface area (Å²) in [5, 5.41) is 2.45. The van der Waals surface area contributed by atoms with Gasteiger partial charge >= 0.3 is 0 Å². The molecule has 0 spiro atoms. The van der Waals surface area contributed by atoms with Crippen molar-refractivity contribution in [3.63, 3.8) is 0 Å². The summed E-state index contributed by atoms with van der Waals surface area (Å²) in [6, 6.07) is 8.83. The van der Waals surface area contributed by atoms with E-state index in [0.29, 0.717) is 0 Å². The lowest BCUT2D eigenvalue weighted by molar-refractivity contribution is 0.447. The predicted octanol–water partition coefficient (Wildman–Crippen LogP) is 3.82. The fraction of sp³-hybridized carbons (Fsp3) is 0.500. The van der Waals surface area contributed by atoms with Gasteiger partial charge in [-0.2, -0.15) is 0 Å². The molecule has 0 aromatic heterocycles. The zero-order valence-corrected chi connectivity index (χ0v) is 10.2. The van der Waals surface area contributed by atoms with E-state index in [1.165, 1.54) is 42.6 Å². The van der Waals surface area contributed by atoms with E-state index in [4.69, 9.17) is 0 Å². The van der Waals surface area contributed by atoms with Gasteiger partial charge in [-0.3, -0.25) is 0 Å². The van der Waals surface area contributed by atoms with E-state index in [0.717, 1.165) is 5.92 Å².